The number of esters is 1. The summed E-state index contributed by atoms with van der Waals surface area (Å²) in [5.74, 6) is 1.38. The molecule has 176 valence electrons. The van der Waals surface area contributed by atoms with Crippen LogP contribution in [0.1, 0.15) is 29.5 Å². The van der Waals surface area contributed by atoms with E-state index in [-0.39, 0.29) is 30.8 Å². The molecule has 0 spiro atoms. The number of fused-ring (bicyclic) bond motifs is 1. The molecule has 0 radical (unpaired) electrons. The van der Waals surface area contributed by atoms with Crippen molar-refractivity contribution < 1.29 is 14.3 Å². The second-order valence-electron chi connectivity index (χ2n) is 8.60. The van der Waals surface area contributed by atoms with Gasteiger partial charge in [-0.1, -0.05) is 36.4 Å². The lowest BCUT2D eigenvalue weighted by molar-refractivity contribution is -0.146. The van der Waals surface area contributed by atoms with Gasteiger partial charge in [-0.2, -0.15) is 0 Å². The van der Waals surface area contributed by atoms with Crippen molar-refractivity contribution in [3.8, 4) is 5.75 Å². The molecule has 0 bridgehead atoms. The lowest BCUT2D eigenvalue weighted by atomic mass is 9.97. The van der Waals surface area contributed by atoms with Gasteiger partial charge in [-0.3, -0.25) is 9.69 Å². The minimum absolute atomic E-state index is 0. The van der Waals surface area contributed by atoms with E-state index in [1.165, 1.54) is 11.1 Å². The Labute approximate surface area is 203 Å². The molecular weight excluding hydrogens is 447 g/mol. The van der Waals surface area contributed by atoms with Crippen LogP contribution in [0.25, 0.3) is 0 Å². The van der Waals surface area contributed by atoms with Gasteiger partial charge >= 0.3 is 5.97 Å². The lowest BCUT2D eigenvalue weighted by Crippen LogP contribution is -2.39. The third kappa shape index (κ3) is 7.66. The fraction of sp³-hybridized carbons (Fsp3) is 0.480. The first-order valence-electron chi connectivity index (χ1n) is 11.0. The molecule has 2 aliphatic rings. The number of piperidine rings is 1. The smallest absolute Gasteiger partial charge is 0.320 e. The Bertz CT molecular complexity index is 842. The van der Waals surface area contributed by atoms with Crippen LogP contribution in [-0.4, -0.2) is 55.6 Å². The Balaban J connectivity index is 0.00000181. The molecule has 32 heavy (non-hydrogen) atoms. The quantitative estimate of drug-likeness (QED) is 0.550. The van der Waals surface area contributed by atoms with Gasteiger partial charge in [0.25, 0.3) is 0 Å². The van der Waals surface area contributed by atoms with E-state index in [1.807, 2.05) is 30.3 Å². The van der Waals surface area contributed by atoms with E-state index in [9.17, 15) is 4.79 Å². The highest BCUT2D eigenvalue weighted by molar-refractivity contribution is 5.85. The van der Waals surface area contributed by atoms with Gasteiger partial charge < -0.3 is 14.4 Å². The molecule has 0 aromatic heterocycles. The third-order valence-corrected chi connectivity index (χ3v) is 6.17. The normalized spacial score (nSPS) is 16.9. The first-order chi connectivity index (χ1) is 14.7. The van der Waals surface area contributed by atoms with Gasteiger partial charge in [0.1, 0.15) is 12.4 Å². The van der Waals surface area contributed by atoms with Gasteiger partial charge in [-0.25, -0.2) is 0 Å². The Hall–Kier alpha value is -1.79. The number of nitrogens with zero attached hydrogens (tertiary/aromatic N) is 2. The molecule has 5 nitrogen and oxygen atoms in total. The van der Waals surface area contributed by atoms with Crippen molar-refractivity contribution >= 4 is 30.8 Å². The van der Waals surface area contributed by atoms with Crippen LogP contribution in [0, 0.1) is 5.92 Å². The van der Waals surface area contributed by atoms with Gasteiger partial charge in [0, 0.05) is 13.1 Å². The highest BCUT2D eigenvalue weighted by Gasteiger charge is 2.22. The molecule has 0 amide bonds. The zero-order valence-electron chi connectivity index (χ0n) is 18.7. The highest BCUT2D eigenvalue weighted by Crippen LogP contribution is 2.25. The zero-order valence-corrected chi connectivity index (χ0v) is 20.3. The van der Waals surface area contributed by atoms with Crippen molar-refractivity contribution in [1.29, 1.82) is 0 Å². The molecule has 0 saturated carbocycles. The summed E-state index contributed by atoms with van der Waals surface area (Å²) in [4.78, 5) is 16.7. The van der Waals surface area contributed by atoms with Crippen molar-refractivity contribution in [1.82, 2.24) is 9.80 Å². The maximum absolute atomic E-state index is 12.1. The number of halogens is 2. The van der Waals surface area contributed by atoms with E-state index in [0.717, 1.165) is 63.4 Å². The van der Waals surface area contributed by atoms with Crippen LogP contribution in [0.4, 0.5) is 0 Å². The summed E-state index contributed by atoms with van der Waals surface area (Å²) < 4.78 is 11.5. The van der Waals surface area contributed by atoms with Gasteiger partial charge in [-0.15, -0.1) is 24.8 Å². The standard InChI is InChI=1S/C25H32N2O3.2ClH/c1-26-12-11-22-7-8-24(15-23(22)16-26)29-18-21-9-13-27(14-10-21)17-25(28)30-19-20-5-3-2-4-6-20;;/h2-8,15,21H,9-14,16-19H2,1H3;2*1H. The number of carbonyl (C=O) groups excluding carboxylic acids is 1. The van der Waals surface area contributed by atoms with E-state index in [2.05, 4.69) is 35.0 Å². The average molecular weight is 481 g/mol. The first kappa shape index (κ1) is 26.5. The Kier molecular flexibility index (Phi) is 10.8. The molecule has 0 N–H and O–H groups in total. The summed E-state index contributed by atoms with van der Waals surface area (Å²) in [6, 6.07) is 16.4. The zero-order chi connectivity index (χ0) is 20.8. The van der Waals surface area contributed by atoms with Gasteiger partial charge in [-0.05, 0) is 74.1 Å². The van der Waals surface area contributed by atoms with Crippen molar-refractivity contribution in [2.45, 2.75) is 32.4 Å². The van der Waals surface area contributed by atoms with Crippen molar-refractivity contribution in [3.05, 3.63) is 65.2 Å². The molecule has 2 aromatic rings. The van der Waals surface area contributed by atoms with Crippen LogP contribution >= 0.6 is 24.8 Å². The summed E-state index contributed by atoms with van der Waals surface area (Å²) in [5, 5.41) is 0. The van der Waals surface area contributed by atoms with Crippen LogP contribution in [0.15, 0.2) is 48.5 Å². The maximum Gasteiger partial charge on any atom is 0.320 e. The Morgan fingerprint density at radius 2 is 1.75 bits per heavy atom. The van der Waals surface area contributed by atoms with Gasteiger partial charge in [0.2, 0.25) is 0 Å². The molecule has 4 rings (SSSR count). The summed E-state index contributed by atoms with van der Waals surface area (Å²) in [5.41, 5.74) is 3.87. The van der Waals surface area contributed by atoms with Crippen LogP contribution in [0.3, 0.4) is 0 Å². The lowest BCUT2D eigenvalue weighted by Gasteiger charge is -2.31. The van der Waals surface area contributed by atoms with E-state index in [1.54, 1.807) is 0 Å². The predicted molar refractivity (Wildman–Crippen MR) is 132 cm³/mol. The SMILES string of the molecule is CN1CCc2ccc(OCC3CCN(CC(=O)OCc4ccccc4)CC3)cc2C1.Cl.Cl. The summed E-state index contributed by atoms with van der Waals surface area (Å²) in [7, 11) is 2.17. The summed E-state index contributed by atoms with van der Waals surface area (Å²) >= 11 is 0. The molecule has 1 fully saturated rings. The maximum atomic E-state index is 12.1. The molecule has 2 heterocycles. The van der Waals surface area contributed by atoms with Crippen molar-refractivity contribution in [3.63, 3.8) is 0 Å². The monoisotopic (exact) mass is 480 g/mol. The third-order valence-electron chi connectivity index (χ3n) is 6.17. The molecule has 7 heteroatoms. The average Bonchev–Trinajstić information content (AvgIpc) is 2.77. The number of likely N-dealkylation sites (N-methyl/N-ethyl adjacent to an activating group) is 1. The van der Waals surface area contributed by atoms with Crippen LogP contribution in [-0.2, 0) is 29.1 Å². The van der Waals surface area contributed by atoms with Gasteiger partial charge in [0.15, 0.2) is 0 Å². The fourth-order valence-electron chi connectivity index (χ4n) is 4.26. The topological polar surface area (TPSA) is 42.0 Å². The fourth-order valence-corrected chi connectivity index (χ4v) is 4.26. The number of rotatable bonds is 7. The second kappa shape index (κ2) is 13.0. The largest absolute Gasteiger partial charge is 0.493 e. The number of ether oxygens (including phenoxy) is 2. The van der Waals surface area contributed by atoms with E-state index >= 15 is 0 Å². The molecular formula is C25H34Cl2N2O3. The highest BCUT2D eigenvalue weighted by atomic mass is 35.5. The number of carbonyl (C=O) groups is 1. The second-order valence-corrected chi connectivity index (χ2v) is 8.60. The first-order valence-corrected chi connectivity index (χ1v) is 11.0. The molecule has 2 aromatic carbocycles. The number of benzene rings is 2. The molecule has 1 saturated heterocycles. The number of hydrogen-bond donors (Lipinski definition) is 0. The minimum Gasteiger partial charge on any atom is -0.493 e. The molecule has 0 aliphatic carbocycles. The molecule has 0 unspecified atom stereocenters. The summed E-state index contributed by atoms with van der Waals surface area (Å²) in [6.45, 7) is 5.45. The predicted octanol–water partition coefficient (Wildman–Crippen LogP) is 4.35. The van der Waals surface area contributed by atoms with Crippen LogP contribution in [0.2, 0.25) is 0 Å². The van der Waals surface area contributed by atoms with E-state index < -0.39 is 0 Å². The minimum atomic E-state index is -0.146. The number of likely N-dealkylation sites (tertiary alicyclic amines) is 1. The van der Waals surface area contributed by atoms with Crippen molar-refractivity contribution in [2.75, 3.05) is 39.8 Å². The van der Waals surface area contributed by atoms with Crippen LogP contribution in [0.5, 0.6) is 5.75 Å². The van der Waals surface area contributed by atoms with E-state index in [0.29, 0.717) is 19.1 Å². The van der Waals surface area contributed by atoms with Gasteiger partial charge in [0.05, 0.1) is 13.2 Å². The number of hydrogen-bond acceptors (Lipinski definition) is 5. The molecule has 2 aliphatic heterocycles. The van der Waals surface area contributed by atoms with Crippen LogP contribution < -0.4 is 4.74 Å². The van der Waals surface area contributed by atoms with E-state index in [4.69, 9.17) is 9.47 Å². The summed E-state index contributed by atoms with van der Waals surface area (Å²) in [6.07, 6.45) is 3.23. The van der Waals surface area contributed by atoms with Crippen molar-refractivity contribution in [2.24, 2.45) is 5.92 Å². The Morgan fingerprint density at radius 1 is 1.00 bits per heavy atom. The molecule has 0 atom stereocenters. The Morgan fingerprint density at radius 3 is 2.50 bits per heavy atom.